The number of phosphoric acid groups is 1. The van der Waals surface area contributed by atoms with Gasteiger partial charge in [-0.15, -0.1) is 0 Å². The molecule has 0 rings (SSSR count). The molecule has 0 aromatic carbocycles. The van der Waals surface area contributed by atoms with Crippen molar-refractivity contribution < 1.29 is 57.7 Å². The summed E-state index contributed by atoms with van der Waals surface area (Å²) in [6.07, 6.45) is 32.6. The second-order valence-corrected chi connectivity index (χ2v) is 16.9. The molecule has 14 heteroatoms. The van der Waals surface area contributed by atoms with Crippen LogP contribution in [-0.2, 0) is 37.5 Å². The predicted octanol–water partition coefficient (Wildman–Crippen LogP) is 9.78. The van der Waals surface area contributed by atoms with Gasteiger partial charge < -0.3 is 35.4 Å². The minimum Gasteiger partial charge on any atom is -0.480 e. The lowest BCUT2D eigenvalue weighted by Gasteiger charge is -2.20. The van der Waals surface area contributed by atoms with Crippen molar-refractivity contribution in [1.82, 2.24) is 0 Å². The SMILES string of the molecule is CCCCC/C=C\C[C@@H](O)[C@H](O)CCCCCCCC(=O)OC[C@H](COP(=O)(O)OC[C@H](N)C(=O)O)OC(=O)CCCCCCCCC/C=C\CCCCCCCC. The second-order valence-electron chi connectivity index (χ2n) is 15.5. The van der Waals surface area contributed by atoms with Gasteiger partial charge in [0.1, 0.15) is 12.6 Å². The Labute approximate surface area is 350 Å². The van der Waals surface area contributed by atoms with Crippen molar-refractivity contribution in [3.8, 4) is 0 Å². The lowest BCUT2D eigenvalue weighted by molar-refractivity contribution is -0.161. The van der Waals surface area contributed by atoms with Crippen molar-refractivity contribution in [2.45, 2.75) is 218 Å². The molecule has 0 amide bonds. The Kier molecular flexibility index (Phi) is 37.6. The van der Waals surface area contributed by atoms with Gasteiger partial charge in [-0.1, -0.05) is 141 Å². The van der Waals surface area contributed by atoms with Crippen LogP contribution in [0.5, 0.6) is 0 Å². The van der Waals surface area contributed by atoms with Crippen LogP contribution in [0.1, 0.15) is 194 Å². The Morgan fingerprint density at radius 2 is 1.03 bits per heavy atom. The van der Waals surface area contributed by atoms with Gasteiger partial charge in [0.15, 0.2) is 6.10 Å². The van der Waals surface area contributed by atoms with Gasteiger partial charge in [-0.2, -0.15) is 0 Å². The minimum absolute atomic E-state index is 0.123. The van der Waals surface area contributed by atoms with Gasteiger partial charge in [-0.3, -0.25) is 23.4 Å². The van der Waals surface area contributed by atoms with Crippen LogP contribution >= 0.6 is 7.82 Å². The van der Waals surface area contributed by atoms with Gasteiger partial charge >= 0.3 is 25.7 Å². The molecule has 0 aromatic rings. The molecule has 0 fully saturated rings. The summed E-state index contributed by atoms with van der Waals surface area (Å²) in [5, 5.41) is 29.3. The lowest BCUT2D eigenvalue weighted by Crippen LogP contribution is -2.34. The first-order valence-electron chi connectivity index (χ1n) is 22.5. The molecule has 6 N–H and O–H groups in total. The molecule has 0 bridgehead atoms. The van der Waals surface area contributed by atoms with Crippen LogP contribution in [0.3, 0.4) is 0 Å². The van der Waals surface area contributed by atoms with Crippen LogP contribution in [0, 0.1) is 0 Å². The number of carboxylic acid groups (broad SMARTS) is 1. The van der Waals surface area contributed by atoms with E-state index in [1.807, 2.05) is 6.08 Å². The number of aliphatic carboxylic acids is 1. The quantitative estimate of drug-likeness (QED) is 0.0168. The number of hydrogen-bond donors (Lipinski definition) is 5. The normalized spacial score (nSPS) is 15.0. The molecule has 0 spiro atoms. The molecule has 0 saturated carbocycles. The number of aliphatic hydroxyl groups is 2. The molecule has 5 atom stereocenters. The number of rotatable bonds is 42. The maximum Gasteiger partial charge on any atom is 0.472 e. The van der Waals surface area contributed by atoms with Gasteiger partial charge in [0.25, 0.3) is 0 Å². The van der Waals surface area contributed by atoms with Gasteiger partial charge in [0.05, 0.1) is 25.4 Å². The molecule has 0 heterocycles. The molecule has 0 aliphatic heterocycles. The van der Waals surface area contributed by atoms with E-state index in [9.17, 15) is 34.1 Å². The van der Waals surface area contributed by atoms with E-state index in [2.05, 4.69) is 36.6 Å². The molecule has 0 radical (unpaired) electrons. The van der Waals surface area contributed by atoms with E-state index in [0.29, 0.717) is 25.7 Å². The first-order chi connectivity index (χ1) is 27.9. The van der Waals surface area contributed by atoms with Gasteiger partial charge in [-0.05, 0) is 64.2 Å². The first-order valence-corrected chi connectivity index (χ1v) is 24.0. The minimum atomic E-state index is -4.75. The number of carbonyl (C=O) groups is 3. The number of aliphatic hydroxyl groups excluding tert-OH is 2. The Hall–Kier alpha value is -2.12. The predicted molar refractivity (Wildman–Crippen MR) is 229 cm³/mol. The van der Waals surface area contributed by atoms with Crippen LogP contribution in [0.4, 0.5) is 0 Å². The molecular weight excluding hydrogens is 765 g/mol. The van der Waals surface area contributed by atoms with Crippen LogP contribution in [0.15, 0.2) is 24.3 Å². The van der Waals surface area contributed by atoms with E-state index in [0.717, 1.165) is 70.6 Å². The third kappa shape index (κ3) is 36.9. The van der Waals surface area contributed by atoms with Crippen LogP contribution in [0.25, 0.3) is 0 Å². The van der Waals surface area contributed by atoms with E-state index in [1.54, 1.807) is 0 Å². The maximum atomic E-state index is 12.6. The number of carboxylic acids is 1. The average Bonchev–Trinajstić information content (AvgIpc) is 3.19. The zero-order chi connectivity index (χ0) is 43.1. The first kappa shape index (κ1) is 55.9. The highest BCUT2D eigenvalue weighted by atomic mass is 31.2. The molecule has 0 saturated heterocycles. The highest BCUT2D eigenvalue weighted by Crippen LogP contribution is 2.43. The number of allylic oxidation sites excluding steroid dienone is 3. The highest BCUT2D eigenvalue weighted by molar-refractivity contribution is 7.47. The summed E-state index contributed by atoms with van der Waals surface area (Å²) in [6.45, 7) is 2.59. The summed E-state index contributed by atoms with van der Waals surface area (Å²) in [4.78, 5) is 46.0. The monoisotopic (exact) mass is 848 g/mol. The molecule has 13 nitrogen and oxygen atoms in total. The molecular formula is C44H82NO12P. The summed E-state index contributed by atoms with van der Waals surface area (Å²) in [5.41, 5.74) is 5.33. The fourth-order valence-corrected chi connectivity index (χ4v) is 6.92. The maximum absolute atomic E-state index is 12.6. The van der Waals surface area contributed by atoms with E-state index < -0.39 is 69.9 Å². The number of esters is 2. The Morgan fingerprint density at radius 3 is 1.60 bits per heavy atom. The fraction of sp³-hybridized carbons (Fsp3) is 0.841. The number of phosphoric ester groups is 1. The summed E-state index contributed by atoms with van der Waals surface area (Å²) < 4.78 is 32.6. The molecule has 58 heavy (non-hydrogen) atoms. The summed E-state index contributed by atoms with van der Waals surface area (Å²) >= 11 is 0. The Morgan fingerprint density at radius 1 is 0.586 bits per heavy atom. The van der Waals surface area contributed by atoms with Crippen molar-refractivity contribution in [2.75, 3.05) is 19.8 Å². The molecule has 0 aliphatic carbocycles. The zero-order valence-electron chi connectivity index (χ0n) is 36.1. The fourth-order valence-electron chi connectivity index (χ4n) is 6.14. The van der Waals surface area contributed by atoms with Crippen LogP contribution in [0.2, 0.25) is 0 Å². The Balaban J connectivity index is 4.45. The summed E-state index contributed by atoms with van der Waals surface area (Å²) in [5.74, 6) is -2.51. The molecule has 1 unspecified atom stereocenters. The van der Waals surface area contributed by atoms with Crippen molar-refractivity contribution >= 4 is 25.7 Å². The lowest BCUT2D eigenvalue weighted by atomic mass is 10.0. The van der Waals surface area contributed by atoms with E-state index in [-0.39, 0.29) is 12.8 Å². The van der Waals surface area contributed by atoms with Gasteiger partial charge in [0, 0.05) is 12.8 Å². The number of nitrogens with two attached hydrogens (primary N) is 1. The summed E-state index contributed by atoms with van der Waals surface area (Å²) in [7, 11) is -4.75. The summed E-state index contributed by atoms with van der Waals surface area (Å²) in [6, 6.07) is -1.54. The average molecular weight is 848 g/mol. The van der Waals surface area contributed by atoms with Crippen molar-refractivity contribution in [3.05, 3.63) is 24.3 Å². The molecule has 0 aromatic heterocycles. The number of unbranched alkanes of at least 4 members (excludes halogenated alkanes) is 20. The van der Waals surface area contributed by atoms with E-state index >= 15 is 0 Å². The number of carbonyl (C=O) groups excluding carboxylic acids is 2. The third-order valence-corrected chi connectivity index (χ3v) is 10.8. The van der Waals surface area contributed by atoms with Crippen LogP contribution < -0.4 is 5.73 Å². The van der Waals surface area contributed by atoms with Gasteiger partial charge in [-0.25, -0.2) is 4.57 Å². The zero-order valence-corrected chi connectivity index (χ0v) is 37.0. The largest absolute Gasteiger partial charge is 0.480 e. The molecule has 0 aliphatic rings. The van der Waals surface area contributed by atoms with E-state index in [1.165, 1.54) is 70.6 Å². The van der Waals surface area contributed by atoms with Crippen molar-refractivity contribution in [1.29, 1.82) is 0 Å². The third-order valence-electron chi connectivity index (χ3n) is 9.87. The standard InChI is InChI=1S/C44H82NO12P/c1-3-5-7-9-11-12-13-14-15-16-17-18-19-20-21-25-30-34-43(49)57-38(36-55-58(52,53)56-37-39(45)44(50)51)35-54-42(48)33-29-26-22-24-28-32-41(47)40(46)31-27-23-10-8-6-4-2/h14-15,23,27,38-41,46-47H,3-13,16-22,24-26,28-37,45H2,1-2H3,(H,50,51)(H,52,53)/b15-14-,27-23-/t38-,39+,40-,41-/m1/s1. The van der Waals surface area contributed by atoms with Crippen LogP contribution in [-0.4, -0.2) is 82.3 Å². The molecule has 340 valence electrons. The smallest absolute Gasteiger partial charge is 0.472 e. The Bertz CT molecular complexity index is 1120. The number of hydrogen-bond acceptors (Lipinski definition) is 11. The van der Waals surface area contributed by atoms with E-state index in [4.69, 9.17) is 24.8 Å². The van der Waals surface area contributed by atoms with Crippen molar-refractivity contribution in [2.24, 2.45) is 5.73 Å². The number of ether oxygens (including phenoxy) is 2. The topological polar surface area (TPSA) is 212 Å². The van der Waals surface area contributed by atoms with Crippen molar-refractivity contribution in [3.63, 3.8) is 0 Å². The second kappa shape index (κ2) is 39.0. The van der Waals surface area contributed by atoms with Gasteiger partial charge in [0.2, 0.25) is 0 Å². The highest BCUT2D eigenvalue weighted by Gasteiger charge is 2.28.